The fourth-order valence-corrected chi connectivity index (χ4v) is 4.05. The Hall–Kier alpha value is -0.863. The second-order valence-electron chi connectivity index (χ2n) is 5.33. The minimum absolute atomic E-state index is 0.187. The van der Waals surface area contributed by atoms with Gasteiger partial charge in [-0.1, -0.05) is 60.7 Å². The molecule has 0 radical (unpaired) electrons. The molecule has 0 aromatic heterocycles. The van der Waals surface area contributed by atoms with Gasteiger partial charge >= 0.3 is 0 Å². The van der Waals surface area contributed by atoms with Gasteiger partial charge in [0, 0.05) is 0 Å². The van der Waals surface area contributed by atoms with Crippen molar-refractivity contribution in [2.45, 2.75) is 33.0 Å². The van der Waals surface area contributed by atoms with Crippen molar-refractivity contribution in [1.82, 2.24) is 0 Å². The highest BCUT2D eigenvalue weighted by atomic mass is 28.3. The summed E-state index contributed by atoms with van der Waals surface area (Å²) in [6.07, 6.45) is 0.989. The summed E-state index contributed by atoms with van der Waals surface area (Å²) in [5.74, 6) is 0. The van der Waals surface area contributed by atoms with Crippen LogP contribution in [0.1, 0.15) is 12.5 Å². The maximum Gasteiger partial charge on any atom is 0.0729 e. The molecule has 88 valence electrons. The molecule has 0 saturated heterocycles. The van der Waals surface area contributed by atoms with Crippen molar-refractivity contribution in [1.29, 1.82) is 0 Å². The number of benzene rings is 1. The molecular weight excluding hydrogens is 212 g/mol. The quantitative estimate of drug-likeness (QED) is 0.792. The average molecular weight is 234 g/mol. The molecule has 2 heteroatoms. The van der Waals surface area contributed by atoms with Crippen LogP contribution >= 0.6 is 0 Å². The average Bonchev–Trinajstić information content (AvgIpc) is 2.25. The Morgan fingerprint density at radius 3 is 2.12 bits per heavy atom. The van der Waals surface area contributed by atoms with Crippen LogP contribution < -0.4 is 0 Å². The first kappa shape index (κ1) is 13.2. The molecule has 0 aliphatic rings. The lowest BCUT2D eigenvalue weighted by molar-refractivity contribution is 0.330. The summed E-state index contributed by atoms with van der Waals surface area (Å²) >= 11 is 0. The standard InChI is InChI=1S/C14H22OSi/c1-12(11-15)14(16(2,3)4)10-13-8-6-5-7-9-13/h5-9,15H,10-11H2,1-4H3/b14-12-. The Balaban J connectivity index is 2.98. The fraction of sp³-hybridized carbons (Fsp3) is 0.429. The van der Waals surface area contributed by atoms with Crippen LogP contribution in [0.25, 0.3) is 0 Å². The molecule has 0 atom stereocenters. The lowest BCUT2D eigenvalue weighted by Gasteiger charge is -2.24. The van der Waals surface area contributed by atoms with E-state index in [4.69, 9.17) is 0 Å². The molecule has 0 aliphatic carbocycles. The van der Waals surface area contributed by atoms with Crippen LogP contribution in [0, 0.1) is 0 Å². The zero-order valence-corrected chi connectivity index (χ0v) is 11.7. The van der Waals surface area contributed by atoms with Crippen LogP contribution in [-0.2, 0) is 6.42 Å². The van der Waals surface area contributed by atoms with Gasteiger partial charge in [0.05, 0.1) is 14.7 Å². The number of hydrogen-bond donors (Lipinski definition) is 1. The Labute approximate surface area is 99.8 Å². The van der Waals surface area contributed by atoms with E-state index in [2.05, 4.69) is 50.8 Å². The summed E-state index contributed by atoms with van der Waals surface area (Å²) in [4.78, 5) is 0. The van der Waals surface area contributed by atoms with Crippen LogP contribution in [0.3, 0.4) is 0 Å². The molecule has 0 heterocycles. The molecule has 0 fully saturated rings. The highest BCUT2D eigenvalue weighted by molar-refractivity contribution is 6.83. The van der Waals surface area contributed by atoms with Crippen LogP contribution in [0.5, 0.6) is 0 Å². The first-order valence-electron chi connectivity index (χ1n) is 5.79. The number of rotatable bonds is 4. The predicted molar refractivity (Wildman–Crippen MR) is 73.3 cm³/mol. The van der Waals surface area contributed by atoms with Gasteiger partial charge < -0.3 is 5.11 Å². The van der Waals surface area contributed by atoms with E-state index >= 15 is 0 Å². The van der Waals surface area contributed by atoms with E-state index in [1.54, 1.807) is 0 Å². The third kappa shape index (κ3) is 3.61. The molecule has 1 aromatic carbocycles. The molecule has 1 N–H and O–H groups in total. The molecule has 0 aliphatic heterocycles. The van der Waals surface area contributed by atoms with E-state index in [9.17, 15) is 5.11 Å². The Morgan fingerprint density at radius 2 is 1.69 bits per heavy atom. The zero-order valence-electron chi connectivity index (χ0n) is 10.7. The van der Waals surface area contributed by atoms with Gasteiger partial charge in [0.1, 0.15) is 0 Å². The first-order valence-corrected chi connectivity index (χ1v) is 9.29. The topological polar surface area (TPSA) is 20.2 Å². The Bertz CT molecular complexity index is 360. The molecule has 1 aromatic rings. The molecule has 1 rings (SSSR count). The van der Waals surface area contributed by atoms with Crippen LogP contribution in [0.15, 0.2) is 41.1 Å². The van der Waals surface area contributed by atoms with Crippen molar-refractivity contribution in [3.8, 4) is 0 Å². The van der Waals surface area contributed by atoms with Crippen molar-refractivity contribution < 1.29 is 5.11 Å². The van der Waals surface area contributed by atoms with Crippen molar-refractivity contribution in [3.05, 3.63) is 46.7 Å². The SMILES string of the molecule is C/C(CO)=C(\Cc1ccccc1)[Si](C)(C)C. The van der Waals surface area contributed by atoms with E-state index in [0.29, 0.717) is 0 Å². The summed E-state index contributed by atoms with van der Waals surface area (Å²) in [6.45, 7) is 9.25. The molecule has 0 saturated carbocycles. The lowest BCUT2D eigenvalue weighted by atomic mass is 10.1. The predicted octanol–water partition coefficient (Wildman–Crippen LogP) is 3.42. The van der Waals surface area contributed by atoms with E-state index in [0.717, 1.165) is 12.0 Å². The molecular formula is C14H22OSi. The van der Waals surface area contributed by atoms with E-state index in [1.165, 1.54) is 10.8 Å². The zero-order chi connectivity index (χ0) is 12.2. The van der Waals surface area contributed by atoms with Gasteiger partial charge in [-0.15, -0.1) is 0 Å². The minimum Gasteiger partial charge on any atom is -0.392 e. The number of aliphatic hydroxyl groups excluding tert-OH is 1. The molecule has 0 amide bonds. The summed E-state index contributed by atoms with van der Waals surface area (Å²) in [6, 6.07) is 10.5. The number of hydrogen-bond acceptors (Lipinski definition) is 1. The van der Waals surface area contributed by atoms with Crippen molar-refractivity contribution >= 4 is 8.07 Å². The number of aliphatic hydroxyl groups is 1. The maximum atomic E-state index is 9.31. The van der Waals surface area contributed by atoms with Gasteiger partial charge in [0.25, 0.3) is 0 Å². The molecule has 0 spiro atoms. The van der Waals surface area contributed by atoms with E-state index in [1.807, 2.05) is 6.07 Å². The van der Waals surface area contributed by atoms with Gasteiger partial charge in [-0.05, 0) is 18.9 Å². The first-order chi connectivity index (χ1) is 7.45. The highest BCUT2D eigenvalue weighted by Crippen LogP contribution is 2.22. The van der Waals surface area contributed by atoms with Crippen molar-refractivity contribution in [2.75, 3.05) is 6.61 Å². The molecule has 0 bridgehead atoms. The molecule has 0 unspecified atom stereocenters. The normalized spacial score (nSPS) is 13.6. The largest absolute Gasteiger partial charge is 0.392 e. The van der Waals surface area contributed by atoms with Crippen molar-refractivity contribution in [2.24, 2.45) is 0 Å². The Kier molecular flexibility index (Phi) is 4.51. The third-order valence-corrected chi connectivity index (χ3v) is 5.30. The van der Waals surface area contributed by atoms with Crippen LogP contribution in [0.4, 0.5) is 0 Å². The monoisotopic (exact) mass is 234 g/mol. The van der Waals surface area contributed by atoms with Crippen LogP contribution in [0.2, 0.25) is 19.6 Å². The highest BCUT2D eigenvalue weighted by Gasteiger charge is 2.21. The van der Waals surface area contributed by atoms with Gasteiger partial charge in [0.2, 0.25) is 0 Å². The Morgan fingerprint density at radius 1 is 1.12 bits per heavy atom. The van der Waals surface area contributed by atoms with Gasteiger partial charge in [-0.25, -0.2) is 0 Å². The van der Waals surface area contributed by atoms with Gasteiger partial charge in [-0.3, -0.25) is 0 Å². The summed E-state index contributed by atoms with van der Waals surface area (Å²) in [5, 5.41) is 10.8. The summed E-state index contributed by atoms with van der Waals surface area (Å²) in [7, 11) is -1.33. The second-order valence-corrected chi connectivity index (χ2v) is 10.4. The second kappa shape index (κ2) is 5.46. The van der Waals surface area contributed by atoms with Crippen LogP contribution in [-0.4, -0.2) is 19.8 Å². The van der Waals surface area contributed by atoms with E-state index < -0.39 is 8.07 Å². The molecule has 1 nitrogen and oxygen atoms in total. The lowest BCUT2D eigenvalue weighted by Crippen LogP contribution is -2.27. The molecule has 16 heavy (non-hydrogen) atoms. The third-order valence-electron chi connectivity index (χ3n) is 2.88. The summed E-state index contributed by atoms with van der Waals surface area (Å²) < 4.78 is 0. The minimum atomic E-state index is -1.33. The fourth-order valence-electron chi connectivity index (χ4n) is 1.95. The number of allylic oxidation sites excluding steroid dienone is 1. The van der Waals surface area contributed by atoms with E-state index in [-0.39, 0.29) is 6.61 Å². The maximum absolute atomic E-state index is 9.31. The van der Waals surface area contributed by atoms with Gasteiger partial charge in [0.15, 0.2) is 0 Å². The smallest absolute Gasteiger partial charge is 0.0729 e. The van der Waals surface area contributed by atoms with Crippen molar-refractivity contribution in [3.63, 3.8) is 0 Å². The van der Waals surface area contributed by atoms with Gasteiger partial charge in [-0.2, -0.15) is 0 Å². The summed E-state index contributed by atoms with van der Waals surface area (Å²) in [5.41, 5.74) is 2.50.